The van der Waals surface area contributed by atoms with Crippen LogP contribution >= 0.6 is 0 Å². The van der Waals surface area contributed by atoms with Crippen LogP contribution in [0.15, 0.2) is 240 Å². The van der Waals surface area contributed by atoms with Crippen molar-refractivity contribution < 1.29 is 9.59 Å². The number of carbonyl (C=O) groups excluding carboxylic acids is 2. The molecule has 8 rings (SSSR count). The average Bonchev–Trinajstić information content (AvgIpc) is 3.79. The standard InChI is InChI=1S/C17H18.C17H16.C12H9NO2.C12H16.C8H8.C3H6/c2*1-3-14-5-9-16(10-6-14)13-17-11-7-15(4-2)8-12-17;1-2-9-3-5-10(6-4-9)13-11(14)7-8-12(13)15;1-4-10(3)12-8-6-11(5-2)7-9-12;1-2-8-6-4-3-5-7-8;1-3-2/h3,5-12H,1,4,13H2,2H3;3-12H,1-2,13H2;2-8H,1H2;5-10H,2,4H2,1,3H3;2-7H,1H2;3H,1H2,2H3. The predicted octanol–water partition coefficient (Wildman–Crippen LogP) is 18.2. The number of hydrogen-bond acceptors (Lipinski definition) is 2. The lowest BCUT2D eigenvalue weighted by Gasteiger charge is -2.13. The van der Waals surface area contributed by atoms with Gasteiger partial charge in [0.1, 0.15) is 0 Å². The zero-order valence-corrected chi connectivity index (χ0v) is 43.1. The number of carbonyl (C=O) groups is 2. The molecule has 1 aliphatic rings. The molecule has 0 saturated carbocycles. The quantitative estimate of drug-likeness (QED) is 0.0805. The number of aryl methyl sites for hydroxylation is 1. The highest BCUT2D eigenvalue weighted by Crippen LogP contribution is 2.21. The Morgan fingerprint density at radius 2 is 0.681 bits per heavy atom. The first-order valence-electron chi connectivity index (χ1n) is 24.5. The zero-order chi connectivity index (χ0) is 52.5. The summed E-state index contributed by atoms with van der Waals surface area (Å²) in [7, 11) is 0. The Bertz CT molecular complexity index is 2710. The van der Waals surface area contributed by atoms with E-state index in [0.29, 0.717) is 11.6 Å². The number of benzene rings is 7. The summed E-state index contributed by atoms with van der Waals surface area (Å²) in [6.07, 6.45) is 19.6. The molecule has 3 heteroatoms. The molecule has 0 bridgehead atoms. The summed E-state index contributed by atoms with van der Waals surface area (Å²) in [6, 6.07) is 60.1. The topological polar surface area (TPSA) is 37.4 Å². The first kappa shape index (κ1) is 57.9. The van der Waals surface area contributed by atoms with Crippen LogP contribution in [-0.2, 0) is 28.9 Å². The molecule has 1 unspecified atom stereocenters. The maximum absolute atomic E-state index is 11.3. The fourth-order valence-electron chi connectivity index (χ4n) is 6.88. The first-order valence-corrected chi connectivity index (χ1v) is 24.5. The number of anilines is 1. The van der Waals surface area contributed by atoms with Crippen LogP contribution in [0.25, 0.3) is 36.5 Å². The second kappa shape index (κ2) is 33.2. The molecular formula is C69H73NO2. The van der Waals surface area contributed by atoms with Gasteiger partial charge in [-0.25, -0.2) is 4.90 Å². The van der Waals surface area contributed by atoms with Gasteiger partial charge in [-0.3, -0.25) is 9.59 Å². The molecule has 0 spiro atoms. The van der Waals surface area contributed by atoms with E-state index in [0.717, 1.165) is 40.9 Å². The normalized spacial score (nSPS) is 11.0. The summed E-state index contributed by atoms with van der Waals surface area (Å²) in [6.45, 7) is 34.2. The fraction of sp³-hybridized carbons (Fsp3) is 0.130. The van der Waals surface area contributed by atoms with Crippen LogP contribution in [0.2, 0.25) is 0 Å². The Morgan fingerprint density at radius 3 is 0.972 bits per heavy atom. The Morgan fingerprint density at radius 1 is 0.403 bits per heavy atom. The van der Waals surface area contributed by atoms with Crippen LogP contribution in [0.1, 0.15) is 107 Å². The summed E-state index contributed by atoms with van der Waals surface area (Å²) in [4.78, 5) is 23.8. The Labute approximate surface area is 432 Å². The number of hydrogen-bond donors (Lipinski definition) is 0. The van der Waals surface area contributed by atoms with E-state index in [4.69, 9.17) is 0 Å². The number of amides is 2. The first-order chi connectivity index (χ1) is 35.0. The molecule has 0 aliphatic carbocycles. The molecule has 0 radical (unpaired) electrons. The highest BCUT2D eigenvalue weighted by molar-refractivity contribution is 6.28. The van der Waals surface area contributed by atoms with Crippen molar-refractivity contribution in [2.24, 2.45) is 0 Å². The Balaban J connectivity index is 0.000000239. The number of allylic oxidation sites excluding steroid dienone is 1. The molecule has 1 heterocycles. The van der Waals surface area contributed by atoms with Crippen molar-refractivity contribution in [3.8, 4) is 0 Å². The Kier molecular flexibility index (Phi) is 26.7. The van der Waals surface area contributed by atoms with E-state index < -0.39 is 0 Å². The van der Waals surface area contributed by atoms with Gasteiger partial charge in [0.05, 0.1) is 5.69 Å². The number of imide groups is 1. The van der Waals surface area contributed by atoms with Crippen LogP contribution in [0.3, 0.4) is 0 Å². The summed E-state index contributed by atoms with van der Waals surface area (Å²) in [5, 5.41) is 0. The minimum atomic E-state index is -0.300. The Hall–Kier alpha value is -8.40. The van der Waals surface area contributed by atoms with E-state index in [1.807, 2.05) is 67.6 Å². The lowest BCUT2D eigenvalue weighted by atomic mass is 9.98. The number of rotatable bonds is 14. The summed E-state index contributed by atoms with van der Waals surface area (Å²) >= 11 is 0. The van der Waals surface area contributed by atoms with Crippen molar-refractivity contribution in [3.63, 3.8) is 0 Å². The van der Waals surface area contributed by atoms with E-state index in [2.05, 4.69) is 188 Å². The van der Waals surface area contributed by atoms with Gasteiger partial charge >= 0.3 is 0 Å². The molecule has 366 valence electrons. The molecule has 1 atom stereocenters. The van der Waals surface area contributed by atoms with Crippen LogP contribution in [-0.4, -0.2) is 11.8 Å². The molecule has 0 saturated heterocycles. The minimum absolute atomic E-state index is 0.300. The molecule has 7 aromatic rings. The van der Waals surface area contributed by atoms with E-state index in [1.54, 1.807) is 36.4 Å². The molecule has 0 aromatic heterocycles. The van der Waals surface area contributed by atoms with Crippen LogP contribution in [0.5, 0.6) is 0 Å². The minimum Gasteiger partial charge on any atom is -0.269 e. The third-order valence-electron chi connectivity index (χ3n) is 11.5. The second-order valence-corrected chi connectivity index (χ2v) is 16.7. The van der Waals surface area contributed by atoms with Crippen LogP contribution in [0.4, 0.5) is 5.69 Å². The molecule has 0 N–H and O–H groups in total. The average molecular weight is 948 g/mol. The summed E-state index contributed by atoms with van der Waals surface area (Å²) in [5.41, 5.74) is 15.6. The predicted molar refractivity (Wildman–Crippen MR) is 317 cm³/mol. The van der Waals surface area contributed by atoms with E-state index in [1.165, 1.54) is 68.6 Å². The van der Waals surface area contributed by atoms with Gasteiger partial charge in [-0.15, -0.1) is 6.58 Å². The van der Waals surface area contributed by atoms with Gasteiger partial charge in [0.2, 0.25) is 0 Å². The van der Waals surface area contributed by atoms with Crippen molar-refractivity contribution in [3.05, 3.63) is 307 Å². The van der Waals surface area contributed by atoms with Crippen molar-refractivity contribution in [2.75, 3.05) is 4.90 Å². The molecule has 1 aliphatic heterocycles. The lowest BCUT2D eigenvalue weighted by Crippen LogP contribution is -2.29. The fourth-order valence-corrected chi connectivity index (χ4v) is 6.88. The van der Waals surface area contributed by atoms with Gasteiger partial charge in [-0.2, -0.15) is 0 Å². The van der Waals surface area contributed by atoms with Gasteiger partial charge in [0.15, 0.2) is 0 Å². The molecule has 0 fully saturated rings. The van der Waals surface area contributed by atoms with Gasteiger partial charge < -0.3 is 0 Å². The highest BCUT2D eigenvalue weighted by atomic mass is 16.2. The van der Waals surface area contributed by atoms with E-state index in [-0.39, 0.29) is 11.8 Å². The van der Waals surface area contributed by atoms with E-state index >= 15 is 0 Å². The number of nitrogens with zero attached hydrogens (tertiary/aromatic N) is 1. The van der Waals surface area contributed by atoms with Gasteiger partial charge in [-0.1, -0.05) is 267 Å². The second-order valence-electron chi connectivity index (χ2n) is 16.7. The molecular weight excluding hydrogens is 875 g/mol. The van der Waals surface area contributed by atoms with Crippen LogP contribution in [0, 0.1) is 0 Å². The SMILES string of the molecule is C=CC.C=Cc1ccc(C(C)CC)cc1.C=Cc1ccc(Cc2ccc(C=C)cc2)cc1.C=Cc1ccc(Cc2ccc(CC)cc2)cc1.C=Cc1ccc(N2C(=O)C=CC2=O)cc1.C=Cc1ccccc1. The van der Waals surface area contributed by atoms with Crippen molar-refractivity contribution in [1.29, 1.82) is 0 Å². The van der Waals surface area contributed by atoms with Gasteiger partial charge in [0, 0.05) is 12.2 Å². The molecule has 72 heavy (non-hydrogen) atoms. The molecule has 2 amide bonds. The summed E-state index contributed by atoms with van der Waals surface area (Å²) in [5.74, 6) is 0.0709. The van der Waals surface area contributed by atoms with Crippen molar-refractivity contribution >= 4 is 54.0 Å². The summed E-state index contributed by atoms with van der Waals surface area (Å²) < 4.78 is 0. The van der Waals surface area contributed by atoms with E-state index in [9.17, 15) is 9.59 Å². The smallest absolute Gasteiger partial charge is 0.258 e. The monoisotopic (exact) mass is 948 g/mol. The third kappa shape index (κ3) is 20.7. The molecule has 7 aromatic carbocycles. The lowest BCUT2D eigenvalue weighted by molar-refractivity contribution is -0.119. The third-order valence-corrected chi connectivity index (χ3v) is 11.5. The zero-order valence-electron chi connectivity index (χ0n) is 43.1. The molecule has 3 nitrogen and oxygen atoms in total. The largest absolute Gasteiger partial charge is 0.269 e. The van der Waals surface area contributed by atoms with Crippen molar-refractivity contribution in [1.82, 2.24) is 0 Å². The highest BCUT2D eigenvalue weighted by Gasteiger charge is 2.24. The van der Waals surface area contributed by atoms with Gasteiger partial charge in [-0.05, 0) is 117 Å². The van der Waals surface area contributed by atoms with Gasteiger partial charge in [0.25, 0.3) is 11.8 Å². The van der Waals surface area contributed by atoms with Crippen LogP contribution < -0.4 is 4.90 Å². The maximum Gasteiger partial charge on any atom is 0.258 e. The maximum atomic E-state index is 11.3. The van der Waals surface area contributed by atoms with Crippen molar-refractivity contribution in [2.45, 2.75) is 59.3 Å².